The molecule has 0 radical (unpaired) electrons. The summed E-state index contributed by atoms with van der Waals surface area (Å²) >= 11 is 0. The summed E-state index contributed by atoms with van der Waals surface area (Å²) in [4.78, 5) is 4.40. The Bertz CT molecular complexity index is 772. The lowest BCUT2D eigenvalue weighted by Gasteiger charge is -2.15. The zero-order valence-corrected chi connectivity index (χ0v) is 12.5. The van der Waals surface area contributed by atoms with Gasteiger partial charge in [0.05, 0.1) is 5.52 Å². The van der Waals surface area contributed by atoms with Gasteiger partial charge in [-0.25, -0.2) is 0 Å². The first-order chi connectivity index (χ1) is 10.1. The van der Waals surface area contributed by atoms with Crippen molar-refractivity contribution in [1.82, 2.24) is 4.98 Å². The fraction of sp³-hybridized carbons (Fsp3) is 0.211. The smallest absolute Gasteiger partial charge is 0.0705 e. The lowest BCUT2D eigenvalue weighted by molar-refractivity contribution is 0.727. The molecule has 0 bridgehead atoms. The Hall–Kier alpha value is -2.19. The maximum Gasteiger partial charge on any atom is 0.0705 e. The second kappa shape index (κ2) is 5.66. The maximum absolute atomic E-state index is 6.45. The van der Waals surface area contributed by atoms with Crippen LogP contribution in [0, 0.1) is 13.8 Å². The molecule has 0 amide bonds. The summed E-state index contributed by atoms with van der Waals surface area (Å²) in [6.07, 6.45) is 2.66. The van der Waals surface area contributed by atoms with Gasteiger partial charge < -0.3 is 5.73 Å². The van der Waals surface area contributed by atoms with Crippen molar-refractivity contribution in [1.29, 1.82) is 0 Å². The first-order valence-electron chi connectivity index (χ1n) is 7.30. The average Bonchev–Trinajstić information content (AvgIpc) is 2.50. The molecule has 3 aromatic rings. The molecule has 21 heavy (non-hydrogen) atoms. The summed E-state index contributed by atoms with van der Waals surface area (Å²) < 4.78 is 0. The van der Waals surface area contributed by atoms with Crippen LogP contribution in [0.15, 0.2) is 54.7 Å². The molecule has 0 aliphatic carbocycles. The van der Waals surface area contributed by atoms with E-state index in [1.54, 1.807) is 0 Å². The molecule has 0 saturated heterocycles. The number of rotatable bonds is 3. The van der Waals surface area contributed by atoms with Crippen LogP contribution in [-0.4, -0.2) is 4.98 Å². The van der Waals surface area contributed by atoms with Crippen LogP contribution >= 0.6 is 0 Å². The second-order valence-corrected chi connectivity index (χ2v) is 5.65. The number of hydrogen-bond acceptors (Lipinski definition) is 2. The highest BCUT2D eigenvalue weighted by atomic mass is 14.7. The van der Waals surface area contributed by atoms with Crippen molar-refractivity contribution < 1.29 is 0 Å². The van der Waals surface area contributed by atoms with Gasteiger partial charge in [-0.3, -0.25) is 4.98 Å². The lowest BCUT2D eigenvalue weighted by atomic mass is 9.95. The Labute approximate surface area is 125 Å². The highest BCUT2D eigenvalue weighted by Crippen LogP contribution is 2.24. The first kappa shape index (κ1) is 13.8. The van der Waals surface area contributed by atoms with Crippen LogP contribution in [0.2, 0.25) is 0 Å². The van der Waals surface area contributed by atoms with Gasteiger partial charge in [0.1, 0.15) is 0 Å². The molecular weight excluding hydrogens is 256 g/mol. The van der Waals surface area contributed by atoms with Crippen molar-refractivity contribution in [2.75, 3.05) is 0 Å². The third-order valence-corrected chi connectivity index (χ3v) is 4.11. The van der Waals surface area contributed by atoms with Gasteiger partial charge in [0.2, 0.25) is 0 Å². The Morgan fingerprint density at radius 2 is 1.86 bits per heavy atom. The third-order valence-electron chi connectivity index (χ3n) is 4.11. The van der Waals surface area contributed by atoms with Gasteiger partial charge in [0.15, 0.2) is 0 Å². The summed E-state index contributed by atoms with van der Waals surface area (Å²) in [6.45, 7) is 4.28. The van der Waals surface area contributed by atoms with Gasteiger partial charge in [-0.1, -0.05) is 36.4 Å². The third kappa shape index (κ3) is 2.81. The minimum Gasteiger partial charge on any atom is -0.324 e. The standard InChI is InChI=1S/C19H20N2/c1-13-8-9-15(11-14(13)2)12-18(20)16-5-3-7-19-17(16)6-4-10-21-19/h3-11,18H,12,20H2,1-2H3. The highest BCUT2D eigenvalue weighted by Gasteiger charge is 2.11. The van der Waals surface area contributed by atoms with Crippen LogP contribution in [0.3, 0.4) is 0 Å². The van der Waals surface area contributed by atoms with Gasteiger partial charge in [-0.15, -0.1) is 0 Å². The molecule has 1 heterocycles. The number of aromatic nitrogens is 1. The van der Waals surface area contributed by atoms with Gasteiger partial charge >= 0.3 is 0 Å². The Kier molecular flexibility index (Phi) is 3.72. The highest BCUT2D eigenvalue weighted by molar-refractivity contribution is 5.82. The number of fused-ring (bicyclic) bond motifs is 1. The number of nitrogens with zero attached hydrogens (tertiary/aromatic N) is 1. The zero-order chi connectivity index (χ0) is 14.8. The van der Waals surface area contributed by atoms with E-state index < -0.39 is 0 Å². The summed E-state index contributed by atoms with van der Waals surface area (Å²) in [6, 6.07) is 16.8. The molecule has 2 aromatic carbocycles. The van der Waals surface area contributed by atoms with Crippen molar-refractivity contribution in [2.24, 2.45) is 5.73 Å². The summed E-state index contributed by atoms with van der Waals surface area (Å²) in [7, 11) is 0. The predicted molar refractivity (Wildman–Crippen MR) is 88.3 cm³/mol. The minimum atomic E-state index is -0.0139. The van der Waals surface area contributed by atoms with Crippen LogP contribution < -0.4 is 5.73 Å². The van der Waals surface area contributed by atoms with Gasteiger partial charge in [0, 0.05) is 17.6 Å². The molecule has 0 saturated carbocycles. The van der Waals surface area contributed by atoms with E-state index in [0.29, 0.717) is 0 Å². The van der Waals surface area contributed by atoms with Crippen LogP contribution in [0.25, 0.3) is 10.9 Å². The molecule has 0 aliphatic rings. The average molecular weight is 276 g/mol. The van der Waals surface area contributed by atoms with E-state index in [9.17, 15) is 0 Å². The molecule has 0 fully saturated rings. The molecule has 1 atom stereocenters. The molecule has 106 valence electrons. The molecule has 2 heteroatoms. The molecular formula is C19H20N2. The van der Waals surface area contributed by atoms with Crippen molar-refractivity contribution >= 4 is 10.9 Å². The van der Waals surface area contributed by atoms with Gasteiger partial charge in [0.25, 0.3) is 0 Å². The van der Waals surface area contributed by atoms with Crippen molar-refractivity contribution in [3.63, 3.8) is 0 Å². The van der Waals surface area contributed by atoms with Crippen LogP contribution in [0.5, 0.6) is 0 Å². The Balaban J connectivity index is 1.93. The largest absolute Gasteiger partial charge is 0.324 e. The molecule has 1 aromatic heterocycles. The second-order valence-electron chi connectivity index (χ2n) is 5.65. The molecule has 1 unspecified atom stereocenters. The molecule has 2 nitrogen and oxygen atoms in total. The molecule has 3 rings (SSSR count). The van der Waals surface area contributed by atoms with Crippen LogP contribution in [0.4, 0.5) is 0 Å². The monoisotopic (exact) mass is 276 g/mol. The summed E-state index contributed by atoms with van der Waals surface area (Å²) in [5.41, 5.74) is 12.5. The number of pyridine rings is 1. The van der Waals surface area contributed by atoms with E-state index in [4.69, 9.17) is 5.73 Å². The van der Waals surface area contributed by atoms with E-state index >= 15 is 0 Å². The molecule has 0 aliphatic heterocycles. The fourth-order valence-corrected chi connectivity index (χ4v) is 2.74. The molecule has 2 N–H and O–H groups in total. The van der Waals surface area contributed by atoms with E-state index in [1.807, 2.05) is 24.4 Å². The van der Waals surface area contributed by atoms with Crippen LogP contribution in [0.1, 0.15) is 28.3 Å². The molecule has 0 spiro atoms. The van der Waals surface area contributed by atoms with Gasteiger partial charge in [-0.2, -0.15) is 0 Å². The first-order valence-corrected chi connectivity index (χ1v) is 7.30. The number of hydrogen-bond donors (Lipinski definition) is 1. The topological polar surface area (TPSA) is 38.9 Å². The predicted octanol–water partition coefficient (Wildman–Crippen LogP) is 4.09. The maximum atomic E-state index is 6.45. The number of nitrogens with two attached hydrogens (primary N) is 1. The minimum absolute atomic E-state index is 0.0139. The lowest BCUT2D eigenvalue weighted by Crippen LogP contribution is -2.14. The normalized spacial score (nSPS) is 12.5. The quantitative estimate of drug-likeness (QED) is 0.782. The van der Waals surface area contributed by atoms with E-state index in [1.165, 1.54) is 22.3 Å². The van der Waals surface area contributed by atoms with E-state index in [-0.39, 0.29) is 6.04 Å². The van der Waals surface area contributed by atoms with Crippen LogP contribution in [-0.2, 0) is 6.42 Å². The zero-order valence-electron chi connectivity index (χ0n) is 12.5. The van der Waals surface area contributed by atoms with Gasteiger partial charge in [-0.05, 0) is 54.7 Å². The SMILES string of the molecule is Cc1ccc(CC(N)c2cccc3ncccc23)cc1C. The fourth-order valence-electron chi connectivity index (χ4n) is 2.74. The van der Waals surface area contributed by atoms with Crippen molar-refractivity contribution in [2.45, 2.75) is 26.3 Å². The number of aryl methyl sites for hydroxylation is 2. The Morgan fingerprint density at radius 1 is 1.00 bits per heavy atom. The van der Waals surface area contributed by atoms with Crippen molar-refractivity contribution in [3.8, 4) is 0 Å². The van der Waals surface area contributed by atoms with E-state index in [0.717, 1.165) is 17.3 Å². The Morgan fingerprint density at radius 3 is 2.67 bits per heavy atom. The van der Waals surface area contributed by atoms with E-state index in [2.05, 4.69) is 49.2 Å². The summed E-state index contributed by atoms with van der Waals surface area (Å²) in [5.74, 6) is 0. The summed E-state index contributed by atoms with van der Waals surface area (Å²) in [5, 5.41) is 1.15. The number of benzene rings is 2. The van der Waals surface area contributed by atoms with Crippen molar-refractivity contribution in [3.05, 3.63) is 77.0 Å².